The molecule has 0 aromatic carbocycles. The third kappa shape index (κ3) is 5.87. The zero-order chi connectivity index (χ0) is 15.8. The molecule has 0 spiro atoms. The van der Waals surface area contributed by atoms with Crippen LogP contribution in [0.4, 0.5) is 11.6 Å². The maximum absolute atomic E-state index is 4.53. The van der Waals surface area contributed by atoms with Crippen LogP contribution in [0.5, 0.6) is 0 Å². The molecule has 0 atom stereocenters. The minimum absolute atomic E-state index is 0.605. The molecule has 1 heterocycles. The van der Waals surface area contributed by atoms with Crippen molar-refractivity contribution in [2.75, 3.05) is 50.5 Å². The highest BCUT2D eigenvalue weighted by atomic mass is 15.2. The lowest BCUT2D eigenvalue weighted by Gasteiger charge is -2.28. The number of hydrogen-bond donors (Lipinski definition) is 1. The highest BCUT2D eigenvalue weighted by Gasteiger charge is 2.15. The zero-order valence-electron chi connectivity index (χ0n) is 14.5. The van der Waals surface area contributed by atoms with Crippen LogP contribution in [0.15, 0.2) is 6.33 Å². The van der Waals surface area contributed by atoms with Gasteiger partial charge in [0.2, 0.25) is 0 Å². The van der Waals surface area contributed by atoms with Gasteiger partial charge >= 0.3 is 0 Å². The van der Waals surface area contributed by atoms with Gasteiger partial charge in [-0.1, -0.05) is 20.8 Å². The molecule has 1 aromatic rings. The summed E-state index contributed by atoms with van der Waals surface area (Å²) in [5.41, 5.74) is 1.14. The minimum atomic E-state index is 0.605. The number of rotatable bonds is 9. The van der Waals surface area contributed by atoms with E-state index < -0.39 is 0 Å². The lowest BCUT2D eigenvalue weighted by atomic mass is 10.2. The van der Waals surface area contributed by atoms with E-state index in [0.717, 1.165) is 49.8 Å². The first-order chi connectivity index (χ1) is 9.95. The van der Waals surface area contributed by atoms with E-state index in [4.69, 9.17) is 0 Å². The number of nitrogens with one attached hydrogen (secondary N) is 1. The van der Waals surface area contributed by atoms with Crippen LogP contribution in [0, 0.1) is 12.8 Å². The first-order valence-electron chi connectivity index (χ1n) is 7.90. The van der Waals surface area contributed by atoms with E-state index in [1.165, 1.54) is 0 Å². The molecular formula is C16H31N5. The molecule has 0 aliphatic heterocycles. The van der Waals surface area contributed by atoms with Crippen LogP contribution in [-0.4, -0.2) is 55.1 Å². The van der Waals surface area contributed by atoms with Crippen LogP contribution in [0.25, 0.3) is 0 Å². The van der Waals surface area contributed by atoms with Crippen LogP contribution in [0.2, 0.25) is 0 Å². The molecule has 0 radical (unpaired) electrons. The van der Waals surface area contributed by atoms with Gasteiger partial charge in [0.05, 0.1) is 0 Å². The van der Waals surface area contributed by atoms with Gasteiger partial charge in [-0.2, -0.15) is 0 Å². The van der Waals surface area contributed by atoms with Gasteiger partial charge in [-0.15, -0.1) is 0 Å². The fourth-order valence-electron chi connectivity index (χ4n) is 2.23. The quantitative estimate of drug-likeness (QED) is 0.758. The van der Waals surface area contributed by atoms with E-state index in [1.54, 1.807) is 6.33 Å². The number of aromatic nitrogens is 2. The molecule has 1 rings (SSSR count). The Morgan fingerprint density at radius 2 is 1.90 bits per heavy atom. The van der Waals surface area contributed by atoms with Crippen molar-refractivity contribution in [1.29, 1.82) is 0 Å². The number of likely N-dealkylation sites (N-methyl/N-ethyl adjacent to an activating group) is 1. The summed E-state index contributed by atoms with van der Waals surface area (Å²) in [6.45, 7) is 12.7. The Hall–Kier alpha value is -1.36. The maximum Gasteiger partial charge on any atom is 0.137 e. The Kier molecular flexibility index (Phi) is 7.43. The molecule has 0 amide bonds. The molecule has 0 aliphatic rings. The Bertz CT molecular complexity index is 417. The van der Waals surface area contributed by atoms with Crippen molar-refractivity contribution in [3.05, 3.63) is 11.9 Å². The highest BCUT2D eigenvalue weighted by molar-refractivity contribution is 5.57. The van der Waals surface area contributed by atoms with Gasteiger partial charge in [-0.3, -0.25) is 0 Å². The van der Waals surface area contributed by atoms with Gasteiger partial charge in [0.1, 0.15) is 18.0 Å². The van der Waals surface area contributed by atoms with Crippen LogP contribution in [-0.2, 0) is 0 Å². The van der Waals surface area contributed by atoms with E-state index in [1.807, 2.05) is 0 Å². The molecule has 1 N–H and O–H groups in total. The number of hydrogen-bond acceptors (Lipinski definition) is 5. The Labute approximate surface area is 129 Å². The van der Waals surface area contributed by atoms with Crippen LogP contribution >= 0.6 is 0 Å². The minimum Gasteiger partial charge on any atom is -0.370 e. The van der Waals surface area contributed by atoms with Crippen LogP contribution in [0.3, 0.4) is 0 Å². The first kappa shape index (κ1) is 17.7. The fourth-order valence-corrected chi connectivity index (χ4v) is 2.23. The summed E-state index contributed by atoms with van der Waals surface area (Å²) in [7, 11) is 4.21. The normalized spacial score (nSPS) is 11.2. The predicted octanol–water partition coefficient (Wildman–Crippen LogP) is 2.63. The average molecular weight is 293 g/mol. The summed E-state index contributed by atoms with van der Waals surface area (Å²) in [4.78, 5) is 13.5. The second-order valence-electron chi connectivity index (χ2n) is 6.24. The van der Waals surface area contributed by atoms with E-state index >= 15 is 0 Å². The van der Waals surface area contributed by atoms with E-state index in [9.17, 15) is 0 Å². The van der Waals surface area contributed by atoms with Crippen molar-refractivity contribution in [2.24, 2.45) is 5.92 Å². The SMILES string of the molecule is CCCNc1ncnc(N(CCN(C)C)CC(C)C)c1C. The smallest absolute Gasteiger partial charge is 0.137 e. The molecule has 21 heavy (non-hydrogen) atoms. The lowest BCUT2D eigenvalue weighted by molar-refractivity contribution is 0.408. The van der Waals surface area contributed by atoms with Gasteiger partial charge in [0, 0.05) is 31.7 Å². The summed E-state index contributed by atoms with van der Waals surface area (Å²) in [6, 6.07) is 0. The molecule has 120 valence electrons. The Balaban J connectivity index is 2.94. The number of anilines is 2. The van der Waals surface area contributed by atoms with E-state index in [-0.39, 0.29) is 0 Å². The van der Waals surface area contributed by atoms with E-state index in [0.29, 0.717) is 5.92 Å². The molecule has 0 bridgehead atoms. The van der Waals surface area contributed by atoms with Crippen molar-refractivity contribution in [3.63, 3.8) is 0 Å². The van der Waals surface area contributed by atoms with Crippen molar-refractivity contribution < 1.29 is 0 Å². The maximum atomic E-state index is 4.53. The van der Waals surface area contributed by atoms with Gasteiger partial charge in [-0.05, 0) is 33.4 Å². The Morgan fingerprint density at radius 1 is 1.19 bits per heavy atom. The summed E-state index contributed by atoms with van der Waals surface area (Å²) in [5, 5.41) is 3.39. The van der Waals surface area contributed by atoms with E-state index in [2.05, 4.69) is 66.9 Å². The third-order valence-electron chi connectivity index (χ3n) is 3.30. The molecule has 0 aliphatic carbocycles. The standard InChI is InChI=1S/C16H31N5/c1-7-8-17-15-14(4)16(19-12-18-15)21(11-13(2)3)10-9-20(5)6/h12-13H,7-11H2,1-6H3,(H,17,18,19). The summed E-state index contributed by atoms with van der Waals surface area (Å²) >= 11 is 0. The van der Waals surface area contributed by atoms with Crippen LogP contribution < -0.4 is 10.2 Å². The fraction of sp³-hybridized carbons (Fsp3) is 0.750. The molecule has 0 saturated carbocycles. The third-order valence-corrected chi connectivity index (χ3v) is 3.30. The van der Waals surface area contributed by atoms with Gasteiger partial charge < -0.3 is 15.1 Å². The largest absolute Gasteiger partial charge is 0.370 e. The topological polar surface area (TPSA) is 44.3 Å². The molecule has 5 heteroatoms. The second kappa shape index (κ2) is 8.82. The summed E-state index contributed by atoms with van der Waals surface area (Å²) in [5.74, 6) is 2.62. The van der Waals surface area contributed by atoms with Gasteiger partial charge in [-0.25, -0.2) is 9.97 Å². The van der Waals surface area contributed by atoms with Gasteiger partial charge in [0.15, 0.2) is 0 Å². The highest BCUT2D eigenvalue weighted by Crippen LogP contribution is 2.23. The molecule has 5 nitrogen and oxygen atoms in total. The Morgan fingerprint density at radius 3 is 2.48 bits per heavy atom. The van der Waals surface area contributed by atoms with Crippen molar-refractivity contribution in [2.45, 2.75) is 34.1 Å². The molecule has 0 fully saturated rings. The molecule has 1 aromatic heterocycles. The molecular weight excluding hydrogens is 262 g/mol. The summed E-state index contributed by atoms with van der Waals surface area (Å²) in [6.07, 6.45) is 2.76. The predicted molar refractivity (Wildman–Crippen MR) is 91.2 cm³/mol. The van der Waals surface area contributed by atoms with Crippen molar-refractivity contribution in [3.8, 4) is 0 Å². The van der Waals surface area contributed by atoms with Gasteiger partial charge in [0.25, 0.3) is 0 Å². The van der Waals surface area contributed by atoms with Crippen LogP contribution in [0.1, 0.15) is 32.8 Å². The van der Waals surface area contributed by atoms with Crippen molar-refractivity contribution in [1.82, 2.24) is 14.9 Å². The number of nitrogens with zero attached hydrogens (tertiary/aromatic N) is 4. The van der Waals surface area contributed by atoms with Crippen molar-refractivity contribution >= 4 is 11.6 Å². The summed E-state index contributed by atoms with van der Waals surface area (Å²) < 4.78 is 0. The molecule has 0 unspecified atom stereocenters. The zero-order valence-corrected chi connectivity index (χ0v) is 14.5. The monoisotopic (exact) mass is 293 g/mol. The second-order valence-corrected chi connectivity index (χ2v) is 6.24. The lowest BCUT2D eigenvalue weighted by Crippen LogP contribution is -2.35. The molecule has 0 saturated heterocycles. The average Bonchev–Trinajstić information content (AvgIpc) is 2.42. The first-order valence-corrected chi connectivity index (χ1v) is 7.90.